The zero-order chi connectivity index (χ0) is 9.71. The Bertz CT molecular complexity index is 389. The highest BCUT2D eigenvalue weighted by atomic mass is 16.6. The molecule has 2 aliphatic rings. The average Bonchev–Trinajstić information content (AvgIpc) is 2.90. The minimum Gasteiger partial charge on any atom is -0.346 e. The first kappa shape index (κ1) is 8.07. The topological polar surface area (TPSA) is 63.0 Å². The van der Waals surface area contributed by atoms with E-state index in [0.717, 1.165) is 18.8 Å². The van der Waals surface area contributed by atoms with Gasteiger partial charge in [0, 0.05) is 12.6 Å². The van der Waals surface area contributed by atoms with E-state index in [4.69, 9.17) is 4.74 Å². The molecule has 0 aromatic carbocycles. The number of aromatic nitrogens is 2. The summed E-state index contributed by atoms with van der Waals surface area (Å²) in [5.74, 6) is 0.249. The van der Waals surface area contributed by atoms with Crippen molar-refractivity contribution in [3.8, 4) is 0 Å². The molecule has 2 unspecified atom stereocenters. The molecule has 6 heteroatoms. The molecule has 1 saturated heterocycles. The van der Waals surface area contributed by atoms with E-state index in [1.54, 1.807) is 6.07 Å². The fourth-order valence-corrected chi connectivity index (χ4v) is 1.91. The van der Waals surface area contributed by atoms with Crippen molar-refractivity contribution >= 4 is 5.82 Å². The molecule has 1 fully saturated rings. The number of nitroso groups, excluding NO2 is 1. The maximum Gasteiger partial charge on any atom is 0.217 e. The lowest BCUT2D eigenvalue weighted by Crippen LogP contribution is -2.24. The second-order valence-corrected chi connectivity index (χ2v) is 3.67. The lowest BCUT2D eigenvalue weighted by Gasteiger charge is -2.10. The van der Waals surface area contributed by atoms with Gasteiger partial charge in [0.05, 0.1) is 12.2 Å². The van der Waals surface area contributed by atoms with Gasteiger partial charge in [-0.1, -0.05) is 0 Å². The van der Waals surface area contributed by atoms with Crippen LogP contribution in [0.1, 0.15) is 11.8 Å². The Morgan fingerprint density at radius 2 is 2.50 bits per heavy atom. The molecule has 2 aliphatic heterocycles. The molecule has 14 heavy (non-hydrogen) atoms. The smallest absolute Gasteiger partial charge is 0.217 e. The molecule has 0 N–H and O–H groups in total. The van der Waals surface area contributed by atoms with Crippen LogP contribution in [0.25, 0.3) is 0 Å². The lowest BCUT2D eigenvalue weighted by molar-refractivity contribution is 0.197. The number of rotatable bonds is 1. The normalized spacial score (nSPS) is 30.4. The van der Waals surface area contributed by atoms with Crippen molar-refractivity contribution in [3.63, 3.8) is 0 Å². The molecule has 3 heterocycles. The van der Waals surface area contributed by atoms with E-state index in [-0.39, 0.29) is 18.1 Å². The maximum absolute atomic E-state index is 10.3. The molecule has 74 valence electrons. The summed E-state index contributed by atoms with van der Waals surface area (Å²) in [6.07, 6.45) is 0.234. The van der Waals surface area contributed by atoms with Crippen molar-refractivity contribution in [3.05, 3.63) is 16.7 Å². The van der Waals surface area contributed by atoms with Crippen molar-refractivity contribution in [2.75, 3.05) is 13.6 Å². The first-order chi connectivity index (χ1) is 6.79. The van der Waals surface area contributed by atoms with Crippen molar-refractivity contribution in [1.82, 2.24) is 14.7 Å². The van der Waals surface area contributed by atoms with Crippen molar-refractivity contribution in [1.29, 1.82) is 0 Å². The monoisotopic (exact) mass is 194 g/mol. The summed E-state index contributed by atoms with van der Waals surface area (Å²) >= 11 is 0. The fraction of sp³-hybridized carbons (Fsp3) is 0.625. The van der Waals surface area contributed by atoms with Crippen LogP contribution in [0.4, 0.5) is 5.82 Å². The highest BCUT2D eigenvalue weighted by Crippen LogP contribution is 2.42. The molecule has 0 radical (unpaired) electrons. The molecule has 1 aromatic heterocycles. The number of likely N-dealkylation sites (N-methyl/N-ethyl adjacent to an activating group) is 1. The van der Waals surface area contributed by atoms with Gasteiger partial charge in [0.2, 0.25) is 5.82 Å². The predicted octanol–water partition coefficient (Wildman–Crippen LogP) is 0.624. The van der Waals surface area contributed by atoms with Crippen LogP contribution in [0.2, 0.25) is 0 Å². The Morgan fingerprint density at radius 1 is 1.64 bits per heavy atom. The number of hydrogen-bond donors (Lipinski definition) is 0. The van der Waals surface area contributed by atoms with E-state index in [1.165, 1.54) is 0 Å². The largest absolute Gasteiger partial charge is 0.346 e. The summed E-state index contributed by atoms with van der Waals surface area (Å²) in [5.41, 5.74) is 0.967. The van der Waals surface area contributed by atoms with Crippen molar-refractivity contribution < 1.29 is 4.74 Å². The second-order valence-electron chi connectivity index (χ2n) is 3.67. The summed E-state index contributed by atoms with van der Waals surface area (Å²) in [4.78, 5) is 12.5. The zero-order valence-electron chi connectivity index (χ0n) is 7.75. The van der Waals surface area contributed by atoms with Crippen LogP contribution >= 0.6 is 0 Å². The molecule has 3 rings (SSSR count). The second kappa shape index (κ2) is 2.61. The van der Waals surface area contributed by atoms with Crippen LogP contribution in [0.5, 0.6) is 0 Å². The summed E-state index contributed by atoms with van der Waals surface area (Å²) in [6.45, 7) is 1.67. The van der Waals surface area contributed by atoms with Crippen LogP contribution in [0.15, 0.2) is 11.2 Å². The van der Waals surface area contributed by atoms with Gasteiger partial charge in [-0.25, -0.2) is 0 Å². The lowest BCUT2D eigenvalue weighted by atomic mass is 10.3. The highest BCUT2D eigenvalue weighted by Gasteiger charge is 2.47. The van der Waals surface area contributed by atoms with Gasteiger partial charge in [-0.3, -0.25) is 9.58 Å². The Kier molecular flexibility index (Phi) is 1.51. The molecule has 0 saturated carbocycles. The van der Waals surface area contributed by atoms with E-state index < -0.39 is 0 Å². The summed E-state index contributed by atoms with van der Waals surface area (Å²) < 4.78 is 7.29. The number of ether oxygens (including phenoxy) is 1. The van der Waals surface area contributed by atoms with Gasteiger partial charge in [0.25, 0.3) is 0 Å². The van der Waals surface area contributed by atoms with Gasteiger partial charge in [0.1, 0.15) is 12.3 Å². The Hall–Kier alpha value is -1.27. The third-order valence-electron chi connectivity index (χ3n) is 2.75. The van der Waals surface area contributed by atoms with Gasteiger partial charge in [-0.15, -0.1) is 10.0 Å². The standard InChI is InChI=1S/C8H10N4O2/c1-11-2-3-12-5(7-8(11)14-7)4-6(9-12)10-13/h4,7-8H,2-3H2,1H3. The third-order valence-corrected chi connectivity index (χ3v) is 2.75. The number of hydrogen-bond acceptors (Lipinski definition) is 5. The Balaban J connectivity index is 2.01. The van der Waals surface area contributed by atoms with Crippen LogP contribution in [0.3, 0.4) is 0 Å². The van der Waals surface area contributed by atoms with Crippen LogP contribution in [-0.2, 0) is 11.3 Å². The predicted molar refractivity (Wildman–Crippen MR) is 47.9 cm³/mol. The molecule has 1 aromatic rings. The summed E-state index contributed by atoms with van der Waals surface area (Å²) in [7, 11) is 2.02. The van der Waals surface area contributed by atoms with Crippen molar-refractivity contribution in [2.45, 2.75) is 18.9 Å². The van der Waals surface area contributed by atoms with Crippen LogP contribution in [0, 0.1) is 4.91 Å². The molecular weight excluding hydrogens is 184 g/mol. The molecule has 0 spiro atoms. The van der Waals surface area contributed by atoms with Gasteiger partial charge < -0.3 is 4.74 Å². The fourth-order valence-electron chi connectivity index (χ4n) is 1.91. The van der Waals surface area contributed by atoms with Crippen molar-refractivity contribution in [2.24, 2.45) is 5.18 Å². The minimum atomic E-state index is 0.0745. The SMILES string of the molecule is CN1CCn2nc(N=O)cc2C2OC21. The number of nitrogens with zero attached hydrogens (tertiary/aromatic N) is 4. The van der Waals surface area contributed by atoms with E-state index in [1.807, 2.05) is 11.7 Å². The van der Waals surface area contributed by atoms with Crippen LogP contribution < -0.4 is 0 Å². The highest BCUT2D eigenvalue weighted by molar-refractivity contribution is 5.32. The van der Waals surface area contributed by atoms with E-state index in [0.29, 0.717) is 0 Å². The van der Waals surface area contributed by atoms with E-state index >= 15 is 0 Å². The molecule has 0 aliphatic carbocycles. The van der Waals surface area contributed by atoms with Gasteiger partial charge in [-0.05, 0) is 12.2 Å². The first-order valence-electron chi connectivity index (χ1n) is 4.56. The molecule has 0 amide bonds. The molecule has 2 atom stereocenters. The van der Waals surface area contributed by atoms with Gasteiger partial charge >= 0.3 is 0 Å². The number of fused-ring (bicyclic) bond motifs is 3. The minimum absolute atomic E-state index is 0.0745. The first-order valence-corrected chi connectivity index (χ1v) is 4.56. The summed E-state index contributed by atoms with van der Waals surface area (Å²) in [5, 5.41) is 6.90. The molecule has 6 nitrogen and oxygen atoms in total. The molecular formula is C8H10N4O2. The maximum atomic E-state index is 10.3. The Morgan fingerprint density at radius 3 is 3.29 bits per heavy atom. The van der Waals surface area contributed by atoms with E-state index in [9.17, 15) is 4.91 Å². The Labute approximate surface area is 80.4 Å². The molecule has 0 bridgehead atoms. The average molecular weight is 194 g/mol. The quantitative estimate of drug-likeness (QED) is 0.485. The third kappa shape index (κ3) is 1.01. The van der Waals surface area contributed by atoms with Crippen LogP contribution in [-0.4, -0.2) is 34.5 Å². The van der Waals surface area contributed by atoms with Gasteiger partial charge in [0.15, 0.2) is 0 Å². The summed E-state index contributed by atoms with van der Waals surface area (Å²) in [6, 6.07) is 1.71. The zero-order valence-corrected chi connectivity index (χ0v) is 7.75. The van der Waals surface area contributed by atoms with Gasteiger partial charge in [-0.2, -0.15) is 0 Å². The van der Waals surface area contributed by atoms with E-state index in [2.05, 4.69) is 15.2 Å². The number of epoxide rings is 1.